The number of anilines is 2. The summed E-state index contributed by atoms with van der Waals surface area (Å²) in [5.74, 6) is 1.58. The lowest BCUT2D eigenvalue weighted by Crippen LogP contribution is -2.54. The molecular weight excluding hydrogens is 825 g/mol. The topological polar surface area (TPSA) is 128 Å². The molecule has 6 rings (SSSR count). The summed E-state index contributed by atoms with van der Waals surface area (Å²) in [6.45, 7) is 35.3. The quantitative estimate of drug-likeness (QED) is 0.0980. The number of hydrogen-bond acceptors (Lipinski definition) is 10. The van der Waals surface area contributed by atoms with E-state index in [1.807, 2.05) is 41.0 Å². The molecule has 0 aliphatic carbocycles. The van der Waals surface area contributed by atoms with Crippen molar-refractivity contribution in [2.45, 2.75) is 154 Å². The molecule has 14 heteroatoms. The molecule has 0 unspecified atom stereocenters. The Labute approximate surface area is 373 Å². The van der Waals surface area contributed by atoms with Gasteiger partial charge in [0.2, 0.25) is 5.95 Å². The zero-order valence-corrected chi connectivity index (χ0v) is 42.9. The SMILES string of the molecule is CC(C)(C)[Si](C)(C)OC[C@H]1O[C@@H](n2c(NCc3ccc(-c4ccccc4)cc3OCc3ccccc3)nc3c(N)ncnc32)[C@H](O[Si](C)(C)C(C)(C)C)[C@@H]1O[Si](C)(C)C(C)(C)C. The molecule has 3 N–H and O–H groups in total. The highest BCUT2D eigenvalue weighted by atomic mass is 28.4. The standard InChI is InChI=1S/C48H72N6O5Si3/c1-46(2,3)60(10,11)56-31-38-40(58-61(12,13)47(4,5)6)41(59-62(14,15)48(7,8)9)44(57-38)54-43-39(42(49)51-32-52-43)53-45(54)50-29-36-27-26-35(34-24-20-17-21-25-34)28-37(36)55-30-33-22-18-16-19-23-33/h16-28,32,38,40-41,44H,29-31H2,1-15H3,(H,50,53)(H2,49,51,52)/t38-,40-,41-,44-/m1/s1. The lowest BCUT2D eigenvalue weighted by atomic mass is 10.0. The van der Waals surface area contributed by atoms with Gasteiger partial charge in [-0.2, -0.15) is 0 Å². The molecule has 0 bridgehead atoms. The largest absolute Gasteiger partial charge is 0.489 e. The van der Waals surface area contributed by atoms with Crippen molar-refractivity contribution < 1.29 is 22.8 Å². The summed E-state index contributed by atoms with van der Waals surface area (Å²) in [5, 5.41) is 3.53. The second-order valence-electron chi connectivity index (χ2n) is 21.4. The van der Waals surface area contributed by atoms with Crippen LogP contribution in [0.1, 0.15) is 79.7 Å². The van der Waals surface area contributed by atoms with Crippen molar-refractivity contribution in [2.24, 2.45) is 0 Å². The fourth-order valence-corrected chi connectivity index (χ4v) is 10.3. The maximum atomic E-state index is 7.54. The summed E-state index contributed by atoms with van der Waals surface area (Å²) < 4.78 is 37.9. The van der Waals surface area contributed by atoms with Gasteiger partial charge < -0.3 is 33.8 Å². The Bertz CT molecular complexity index is 2280. The van der Waals surface area contributed by atoms with Gasteiger partial charge in [0, 0.05) is 12.1 Å². The number of nitrogen functional groups attached to an aromatic ring is 1. The van der Waals surface area contributed by atoms with Crippen LogP contribution in [0.25, 0.3) is 22.3 Å². The van der Waals surface area contributed by atoms with Gasteiger partial charge in [0.05, 0.1) is 6.61 Å². The molecule has 0 saturated carbocycles. The van der Waals surface area contributed by atoms with Crippen molar-refractivity contribution in [1.29, 1.82) is 0 Å². The van der Waals surface area contributed by atoms with Crippen molar-refractivity contribution in [3.63, 3.8) is 0 Å². The zero-order chi connectivity index (χ0) is 45.5. The summed E-state index contributed by atoms with van der Waals surface area (Å²) in [6.07, 6.45) is -0.610. The molecule has 336 valence electrons. The average Bonchev–Trinajstić information content (AvgIpc) is 3.72. The van der Waals surface area contributed by atoms with Crippen LogP contribution < -0.4 is 15.8 Å². The third kappa shape index (κ3) is 10.4. The van der Waals surface area contributed by atoms with Crippen molar-refractivity contribution in [1.82, 2.24) is 19.5 Å². The van der Waals surface area contributed by atoms with E-state index >= 15 is 0 Å². The van der Waals surface area contributed by atoms with E-state index in [0.29, 0.717) is 36.9 Å². The van der Waals surface area contributed by atoms with E-state index in [1.165, 1.54) is 6.33 Å². The van der Waals surface area contributed by atoms with Crippen LogP contribution >= 0.6 is 0 Å². The monoisotopic (exact) mass is 896 g/mol. The first-order chi connectivity index (χ1) is 28.8. The fraction of sp³-hybridized carbons (Fsp3) is 0.521. The zero-order valence-electron chi connectivity index (χ0n) is 39.9. The fourth-order valence-electron chi connectivity index (χ4n) is 6.71. The van der Waals surface area contributed by atoms with Crippen LogP contribution in [0.4, 0.5) is 11.8 Å². The maximum absolute atomic E-state index is 7.54. The molecule has 5 aromatic rings. The Kier molecular flexibility index (Phi) is 13.8. The first kappa shape index (κ1) is 47.6. The van der Waals surface area contributed by atoms with Gasteiger partial charge in [-0.25, -0.2) is 15.0 Å². The molecule has 62 heavy (non-hydrogen) atoms. The molecular formula is C48H72N6O5Si3. The highest BCUT2D eigenvalue weighted by molar-refractivity contribution is 6.75. The number of ether oxygens (including phenoxy) is 2. The van der Waals surface area contributed by atoms with E-state index in [-0.39, 0.29) is 20.9 Å². The number of imidazole rings is 1. The first-order valence-electron chi connectivity index (χ1n) is 22.0. The van der Waals surface area contributed by atoms with Gasteiger partial charge >= 0.3 is 0 Å². The van der Waals surface area contributed by atoms with Gasteiger partial charge in [-0.05, 0) is 77.2 Å². The minimum Gasteiger partial charge on any atom is -0.489 e. The molecule has 1 fully saturated rings. The number of rotatable bonds is 15. The van der Waals surface area contributed by atoms with Crippen LogP contribution in [0.5, 0.6) is 5.75 Å². The average molecular weight is 897 g/mol. The summed E-state index contributed by atoms with van der Waals surface area (Å²) in [7, 11) is -7.04. The number of hydrogen-bond donors (Lipinski definition) is 2. The Morgan fingerprint density at radius 3 is 1.89 bits per heavy atom. The van der Waals surface area contributed by atoms with Gasteiger partial charge in [0.1, 0.15) is 37.0 Å². The van der Waals surface area contributed by atoms with Gasteiger partial charge in [-0.1, -0.05) is 135 Å². The van der Waals surface area contributed by atoms with Crippen LogP contribution in [-0.4, -0.2) is 69.4 Å². The molecule has 2 aromatic heterocycles. The third-order valence-corrected chi connectivity index (χ3v) is 27.2. The van der Waals surface area contributed by atoms with Gasteiger partial charge in [-0.3, -0.25) is 4.57 Å². The summed E-state index contributed by atoms with van der Waals surface area (Å²) >= 11 is 0. The molecule has 1 saturated heterocycles. The highest BCUT2D eigenvalue weighted by Crippen LogP contribution is 2.48. The van der Waals surface area contributed by atoms with E-state index in [0.717, 1.165) is 28.0 Å². The van der Waals surface area contributed by atoms with E-state index in [4.69, 9.17) is 38.5 Å². The molecule has 0 spiro atoms. The maximum Gasteiger partial charge on any atom is 0.207 e. The lowest BCUT2D eigenvalue weighted by Gasteiger charge is -2.44. The number of aromatic nitrogens is 4. The van der Waals surface area contributed by atoms with Gasteiger partial charge in [-0.15, -0.1) is 0 Å². The van der Waals surface area contributed by atoms with Crippen molar-refractivity contribution in [3.8, 4) is 16.9 Å². The molecule has 11 nitrogen and oxygen atoms in total. The number of fused-ring (bicyclic) bond motifs is 1. The normalized spacial score (nSPS) is 19.3. The van der Waals surface area contributed by atoms with E-state index in [2.05, 4.69) is 154 Å². The Morgan fingerprint density at radius 1 is 0.710 bits per heavy atom. The van der Waals surface area contributed by atoms with Crippen molar-refractivity contribution in [2.75, 3.05) is 17.7 Å². The second kappa shape index (κ2) is 17.9. The number of nitrogens with one attached hydrogen (secondary N) is 1. The molecule has 0 radical (unpaired) electrons. The molecule has 1 aliphatic heterocycles. The van der Waals surface area contributed by atoms with Crippen LogP contribution in [-0.2, 0) is 31.2 Å². The smallest absolute Gasteiger partial charge is 0.207 e. The van der Waals surface area contributed by atoms with Gasteiger partial charge in [0.25, 0.3) is 0 Å². The Hall–Kier alpha value is -3.90. The summed E-state index contributed by atoms with van der Waals surface area (Å²) in [6, 6.07) is 26.9. The predicted molar refractivity (Wildman–Crippen MR) is 261 cm³/mol. The van der Waals surface area contributed by atoms with Crippen LogP contribution in [0.3, 0.4) is 0 Å². The van der Waals surface area contributed by atoms with Crippen molar-refractivity contribution in [3.05, 3.63) is 96.3 Å². The van der Waals surface area contributed by atoms with Crippen LogP contribution in [0, 0.1) is 0 Å². The van der Waals surface area contributed by atoms with E-state index in [1.54, 1.807) is 0 Å². The van der Waals surface area contributed by atoms with Crippen LogP contribution in [0.2, 0.25) is 54.4 Å². The predicted octanol–water partition coefficient (Wildman–Crippen LogP) is 12.0. The number of nitrogens with two attached hydrogens (primary N) is 1. The molecule has 3 aromatic carbocycles. The molecule has 1 aliphatic rings. The Balaban J connectivity index is 1.46. The molecule has 3 heterocycles. The Morgan fingerprint density at radius 2 is 1.29 bits per heavy atom. The third-order valence-electron chi connectivity index (χ3n) is 13.8. The minimum absolute atomic E-state index is 0.00682. The van der Waals surface area contributed by atoms with Crippen LogP contribution in [0.15, 0.2) is 85.2 Å². The van der Waals surface area contributed by atoms with Crippen molar-refractivity contribution >= 4 is 47.9 Å². The minimum atomic E-state index is -2.46. The molecule has 4 atom stereocenters. The lowest BCUT2D eigenvalue weighted by molar-refractivity contribution is -0.0461. The highest BCUT2D eigenvalue weighted by Gasteiger charge is 2.55. The summed E-state index contributed by atoms with van der Waals surface area (Å²) in [5.41, 5.74) is 11.8. The summed E-state index contributed by atoms with van der Waals surface area (Å²) in [4.78, 5) is 14.3. The second-order valence-corrected chi connectivity index (χ2v) is 35.7. The first-order valence-corrected chi connectivity index (χ1v) is 30.7. The van der Waals surface area contributed by atoms with E-state index in [9.17, 15) is 0 Å². The molecule has 0 amide bonds. The number of nitrogens with zero attached hydrogens (tertiary/aromatic N) is 4. The number of benzene rings is 3. The van der Waals surface area contributed by atoms with Gasteiger partial charge in [0.15, 0.2) is 48.2 Å². The van der Waals surface area contributed by atoms with E-state index < -0.39 is 49.5 Å².